The average molecular weight is 361 g/mol. The minimum atomic E-state index is -0.485. The highest BCUT2D eigenvalue weighted by molar-refractivity contribution is 7.19. The van der Waals surface area contributed by atoms with E-state index >= 15 is 0 Å². The summed E-state index contributed by atoms with van der Waals surface area (Å²) in [5.74, 6) is -0.481. The topological polar surface area (TPSA) is 96.4 Å². The Bertz CT molecular complexity index is 758. The van der Waals surface area contributed by atoms with Gasteiger partial charge in [-0.15, -0.1) is 10.2 Å². The largest absolute Gasteiger partial charge is 0.462 e. The zero-order valence-corrected chi connectivity index (χ0v) is 14.6. The molecule has 0 spiro atoms. The second kappa shape index (κ2) is 7.93. The van der Waals surface area contributed by atoms with E-state index in [1.165, 1.54) is 11.3 Å². The van der Waals surface area contributed by atoms with Gasteiger partial charge in [-0.3, -0.25) is 5.32 Å². The van der Waals surface area contributed by atoms with E-state index in [1.807, 2.05) is 0 Å². The van der Waals surface area contributed by atoms with Crippen LogP contribution < -0.4 is 15.5 Å². The van der Waals surface area contributed by atoms with Gasteiger partial charge in [-0.25, -0.2) is 9.59 Å². The highest BCUT2D eigenvalue weighted by Crippen LogP contribution is 2.27. The molecule has 0 saturated carbocycles. The van der Waals surface area contributed by atoms with Gasteiger partial charge in [0.1, 0.15) is 0 Å². The first-order chi connectivity index (χ1) is 12.2. The maximum Gasteiger partial charge on any atom is 0.340 e. The Morgan fingerprint density at radius 2 is 1.96 bits per heavy atom. The lowest BCUT2D eigenvalue weighted by molar-refractivity contribution is 0.0527. The number of ether oxygens (including phenoxy) is 1. The number of esters is 1. The van der Waals surface area contributed by atoms with Crippen molar-refractivity contribution < 1.29 is 14.3 Å². The van der Waals surface area contributed by atoms with Gasteiger partial charge in [-0.05, 0) is 31.9 Å². The van der Waals surface area contributed by atoms with Crippen LogP contribution in [0.3, 0.4) is 0 Å². The van der Waals surface area contributed by atoms with Crippen LogP contribution in [0.5, 0.6) is 0 Å². The fourth-order valence-electron chi connectivity index (χ4n) is 2.53. The average Bonchev–Trinajstić information content (AvgIpc) is 3.26. The van der Waals surface area contributed by atoms with E-state index in [0.717, 1.165) is 31.1 Å². The predicted octanol–water partition coefficient (Wildman–Crippen LogP) is 2.96. The molecule has 0 unspecified atom stereocenters. The summed E-state index contributed by atoms with van der Waals surface area (Å²) in [5, 5.41) is 14.6. The fraction of sp³-hybridized carbons (Fsp3) is 0.375. The van der Waals surface area contributed by atoms with Crippen LogP contribution in [0.4, 0.5) is 20.7 Å². The molecule has 0 radical (unpaired) electrons. The third-order valence-electron chi connectivity index (χ3n) is 3.68. The van der Waals surface area contributed by atoms with Gasteiger partial charge in [0.25, 0.3) is 0 Å². The van der Waals surface area contributed by atoms with E-state index < -0.39 is 12.0 Å². The first-order valence-corrected chi connectivity index (χ1v) is 8.91. The Morgan fingerprint density at radius 1 is 1.20 bits per heavy atom. The van der Waals surface area contributed by atoms with Crippen molar-refractivity contribution in [3.05, 3.63) is 29.8 Å². The molecule has 2 amide bonds. The van der Waals surface area contributed by atoms with Crippen LogP contribution in [0, 0.1) is 0 Å². The lowest BCUT2D eigenvalue weighted by Gasteiger charge is -2.11. The third kappa shape index (κ3) is 4.24. The van der Waals surface area contributed by atoms with Gasteiger partial charge < -0.3 is 15.0 Å². The van der Waals surface area contributed by atoms with E-state index in [-0.39, 0.29) is 6.61 Å². The molecule has 1 saturated heterocycles. The van der Waals surface area contributed by atoms with Gasteiger partial charge >= 0.3 is 12.0 Å². The SMILES string of the molecule is CCOC(=O)c1ccccc1NC(=O)Nc1nnc(N2CCCC2)s1. The van der Waals surface area contributed by atoms with Crippen LogP contribution in [0.2, 0.25) is 0 Å². The molecule has 1 aromatic carbocycles. The zero-order chi connectivity index (χ0) is 17.6. The molecule has 0 bridgehead atoms. The Morgan fingerprint density at radius 3 is 2.72 bits per heavy atom. The van der Waals surface area contributed by atoms with Crippen LogP contribution in [-0.2, 0) is 4.74 Å². The molecule has 1 fully saturated rings. The quantitative estimate of drug-likeness (QED) is 0.795. The van der Waals surface area contributed by atoms with Crippen molar-refractivity contribution in [3.8, 4) is 0 Å². The smallest absolute Gasteiger partial charge is 0.340 e. The monoisotopic (exact) mass is 361 g/mol. The summed E-state index contributed by atoms with van der Waals surface area (Å²) in [6, 6.07) is 6.20. The molecule has 0 aliphatic carbocycles. The van der Waals surface area contributed by atoms with E-state index in [0.29, 0.717) is 16.4 Å². The molecule has 9 heteroatoms. The summed E-state index contributed by atoms with van der Waals surface area (Å²) in [6.07, 6.45) is 2.29. The highest BCUT2D eigenvalue weighted by Gasteiger charge is 2.18. The number of anilines is 3. The Hall–Kier alpha value is -2.68. The number of nitrogens with zero attached hydrogens (tertiary/aromatic N) is 3. The zero-order valence-electron chi connectivity index (χ0n) is 13.8. The summed E-state index contributed by atoms with van der Waals surface area (Å²) in [6.45, 7) is 3.93. The van der Waals surface area contributed by atoms with Crippen LogP contribution in [0.1, 0.15) is 30.1 Å². The van der Waals surface area contributed by atoms with E-state index in [4.69, 9.17) is 4.74 Å². The molecule has 2 heterocycles. The standard InChI is InChI=1S/C16H19N5O3S/c1-2-24-13(22)11-7-3-4-8-12(11)17-14(23)18-15-19-20-16(25-15)21-9-5-6-10-21/h3-4,7-8H,2,5-6,9-10H2,1H3,(H2,17,18,19,23). The molecule has 0 atom stereocenters. The minimum Gasteiger partial charge on any atom is -0.462 e. The van der Waals surface area contributed by atoms with Crippen molar-refractivity contribution in [3.63, 3.8) is 0 Å². The maximum absolute atomic E-state index is 12.2. The third-order valence-corrected chi connectivity index (χ3v) is 4.58. The molecule has 1 aliphatic heterocycles. The van der Waals surface area contributed by atoms with Gasteiger partial charge in [0.2, 0.25) is 10.3 Å². The number of para-hydroxylation sites is 1. The predicted molar refractivity (Wildman–Crippen MR) is 96.4 cm³/mol. The maximum atomic E-state index is 12.2. The van der Waals surface area contributed by atoms with Gasteiger partial charge in [-0.1, -0.05) is 23.5 Å². The van der Waals surface area contributed by atoms with E-state index in [1.54, 1.807) is 31.2 Å². The number of carbonyl (C=O) groups excluding carboxylic acids is 2. The lowest BCUT2D eigenvalue weighted by atomic mass is 10.2. The summed E-state index contributed by atoms with van der Waals surface area (Å²) in [4.78, 5) is 26.3. The van der Waals surface area contributed by atoms with Crippen molar-refractivity contribution in [2.75, 3.05) is 35.2 Å². The van der Waals surface area contributed by atoms with Gasteiger partial charge in [-0.2, -0.15) is 0 Å². The number of rotatable bonds is 5. The highest BCUT2D eigenvalue weighted by atomic mass is 32.1. The molecule has 1 aromatic heterocycles. The van der Waals surface area contributed by atoms with Crippen LogP contribution in [0.15, 0.2) is 24.3 Å². The number of carbonyl (C=O) groups is 2. The molecule has 1 aliphatic rings. The lowest BCUT2D eigenvalue weighted by Crippen LogP contribution is -2.21. The van der Waals surface area contributed by atoms with Crippen LogP contribution >= 0.6 is 11.3 Å². The summed E-state index contributed by atoms with van der Waals surface area (Å²) >= 11 is 1.33. The summed E-state index contributed by atoms with van der Waals surface area (Å²) in [5.41, 5.74) is 0.678. The van der Waals surface area contributed by atoms with Crippen molar-refractivity contribution in [2.45, 2.75) is 19.8 Å². The first-order valence-electron chi connectivity index (χ1n) is 8.10. The van der Waals surface area contributed by atoms with E-state index in [2.05, 4.69) is 25.7 Å². The van der Waals surface area contributed by atoms with Crippen molar-refractivity contribution in [1.82, 2.24) is 10.2 Å². The van der Waals surface area contributed by atoms with Crippen molar-refractivity contribution in [1.29, 1.82) is 0 Å². The molecule has 3 rings (SSSR count). The number of nitrogens with one attached hydrogen (secondary N) is 2. The number of hydrogen-bond donors (Lipinski definition) is 2. The second-order valence-electron chi connectivity index (χ2n) is 5.43. The van der Waals surface area contributed by atoms with Gasteiger partial charge in [0.05, 0.1) is 17.9 Å². The molecular weight excluding hydrogens is 342 g/mol. The number of amides is 2. The number of hydrogen-bond acceptors (Lipinski definition) is 7. The Balaban J connectivity index is 1.64. The molecular formula is C16H19N5O3S. The minimum absolute atomic E-state index is 0.267. The van der Waals surface area contributed by atoms with Crippen molar-refractivity contribution >= 4 is 39.3 Å². The fourth-order valence-corrected chi connectivity index (χ4v) is 3.32. The van der Waals surface area contributed by atoms with Gasteiger partial charge in [0, 0.05) is 13.1 Å². The number of benzene rings is 1. The Labute approximate surface area is 149 Å². The van der Waals surface area contributed by atoms with Gasteiger partial charge in [0.15, 0.2) is 0 Å². The van der Waals surface area contributed by atoms with Crippen LogP contribution in [0.25, 0.3) is 0 Å². The molecule has 2 aromatic rings. The van der Waals surface area contributed by atoms with Crippen molar-refractivity contribution in [2.24, 2.45) is 0 Å². The summed E-state index contributed by atoms with van der Waals surface area (Å²) < 4.78 is 4.99. The number of aromatic nitrogens is 2. The molecule has 25 heavy (non-hydrogen) atoms. The Kier molecular flexibility index (Phi) is 5.44. The molecule has 2 N–H and O–H groups in total. The molecule has 132 valence electrons. The first kappa shape index (κ1) is 17.2. The van der Waals surface area contributed by atoms with E-state index in [9.17, 15) is 9.59 Å². The summed E-state index contributed by atoms with van der Waals surface area (Å²) in [7, 11) is 0. The second-order valence-corrected chi connectivity index (χ2v) is 6.39. The number of urea groups is 1. The normalized spacial score (nSPS) is 13.6. The van der Waals surface area contributed by atoms with Crippen LogP contribution in [-0.4, -0.2) is 41.9 Å². The molecule has 8 nitrogen and oxygen atoms in total.